The van der Waals surface area contributed by atoms with E-state index in [0.717, 1.165) is 0 Å². The van der Waals surface area contributed by atoms with E-state index >= 15 is 0 Å². The van der Waals surface area contributed by atoms with Gasteiger partial charge in [-0.05, 0) is 0 Å². The van der Waals surface area contributed by atoms with Crippen molar-refractivity contribution < 1.29 is 19.4 Å². The number of dihydropyridines is 1. The summed E-state index contributed by atoms with van der Waals surface area (Å²) in [7, 11) is 0. The van der Waals surface area contributed by atoms with E-state index in [0.29, 0.717) is 0 Å². The molecule has 0 aliphatic carbocycles. The fourth-order valence-corrected chi connectivity index (χ4v) is 1.30. The van der Waals surface area contributed by atoms with Gasteiger partial charge in [0.25, 0.3) is 0 Å². The molecule has 0 aromatic carbocycles. The summed E-state index contributed by atoms with van der Waals surface area (Å²) in [6, 6.07) is 0. The third-order valence-corrected chi connectivity index (χ3v) is 1.72. The summed E-state index contributed by atoms with van der Waals surface area (Å²) < 4.78 is 2.10. The molecular weight excluding hydrogens is 342 g/mol. The van der Waals surface area contributed by atoms with Gasteiger partial charge in [-0.25, -0.2) is 0 Å². The Morgan fingerprint density at radius 1 is 1.21 bits per heavy atom. The molecule has 0 aromatic heterocycles. The van der Waals surface area contributed by atoms with Crippen LogP contribution in [-0.4, -0.2) is 4.40 Å². The van der Waals surface area contributed by atoms with Gasteiger partial charge in [0.1, 0.15) is 0 Å². The number of hydrogen-bond acceptors (Lipinski definition) is 1. The van der Waals surface area contributed by atoms with E-state index in [1.807, 2.05) is 33.9 Å². The second-order valence-corrected chi connectivity index (χ2v) is 3.10. The summed E-state index contributed by atoms with van der Waals surface area (Å²) in [5, 5.41) is 3.14. The van der Waals surface area contributed by atoms with Gasteiger partial charge in [-0.3, -0.25) is 0 Å². The van der Waals surface area contributed by atoms with Crippen LogP contribution in [0, 0.1) is 0 Å². The predicted octanol–water partition coefficient (Wildman–Crippen LogP) is 3.33. The molecular formula is C12H21NW. The van der Waals surface area contributed by atoms with Crippen molar-refractivity contribution in [3.8, 4) is 0 Å². The van der Waals surface area contributed by atoms with Crippen molar-refractivity contribution in [1.29, 1.82) is 0 Å². The fourth-order valence-electron chi connectivity index (χ4n) is 0.774. The molecule has 0 unspecified atom stereocenters. The quantitative estimate of drug-likeness (QED) is 0.754. The van der Waals surface area contributed by atoms with Crippen LogP contribution in [0.2, 0.25) is 0 Å². The zero-order valence-electron chi connectivity index (χ0n) is 9.79. The third kappa shape index (κ3) is 8.19. The molecule has 0 saturated carbocycles. The molecule has 0 spiro atoms. The standard InChI is InChI=1S/C8H9N.2C2H6.W/c1-3-8-6-7(2)4-5-9-8;2*1-2;/h1,3-6,9H,2H3;2*1-2H3;/b8-3-;;;. The first-order valence-electron chi connectivity index (χ1n) is 5.10. The Balaban J connectivity index is 0. The van der Waals surface area contributed by atoms with Crippen LogP contribution in [0.1, 0.15) is 34.6 Å². The van der Waals surface area contributed by atoms with E-state index in [9.17, 15) is 0 Å². The predicted molar refractivity (Wildman–Crippen MR) is 62.9 cm³/mol. The molecule has 1 heterocycles. The molecule has 0 fully saturated rings. The molecule has 0 bridgehead atoms. The van der Waals surface area contributed by atoms with Gasteiger partial charge in [-0.2, -0.15) is 0 Å². The van der Waals surface area contributed by atoms with E-state index in [4.69, 9.17) is 0 Å². The Kier molecular flexibility index (Phi) is 14.4. The third-order valence-electron chi connectivity index (χ3n) is 1.23. The molecule has 0 radical (unpaired) electrons. The number of hydrogen-bond donors (Lipinski definition) is 1. The molecule has 2 heteroatoms. The van der Waals surface area contributed by atoms with Gasteiger partial charge in [-0.15, -0.1) is 0 Å². The van der Waals surface area contributed by atoms with Crippen LogP contribution in [0.5, 0.6) is 0 Å². The summed E-state index contributed by atoms with van der Waals surface area (Å²) in [6.45, 7) is 10.1. The molecule has 0 saturated heterocycles. The zero-order chi connectivity index (χ0) is 11.4. The van der Waals surface area contributed by atoms with Gasteiger partial charge in [0.15, 0.2) is 0 Å². The van der Waals surface area contributed by atoms with E-state index in [-0.39, 0.29) is 0 Å². The van der Waals surface area contributed by atoms with Crippen molar-refractivity contribution in [2.45, 2.75) is 34.6 Å². The minimum absolute atomic E-state index is 1.18. The van der Waals surface area contributed by atoms with Crippen molar-refractivity contribution in [3.63, 3.8) is 0 Å². The summed E-state index contributed by atoms with van der Waals surface area (Å²) in [4.78, 5) is 0. The first kappa shape index (κ1) is 16.0. The Bertz CT molecular complexity index is 224. The van der Waals surface area contributed by atoms with Crippen LogP contribution < -0.4 is 5.32 Å². The van der Waals surface area contributed by atoms with Crippen molar-refractivity contribution in [1.82, 2.24) is 5.32 Å². The van der Waals surface area contributed by atoms with Gasteiger partial charge in [0.05, 0.1) is 0 Å². The zero-order valence-corrected chi connectivity index (χ0v) is 12.7. The van der Waals surface area contributed by atoms with Crippen molar-refractivity contribution in [3.05, 3.63) is 35.7 Å². The van der Waals surface area contributed by atoms with Crippen molar-refractivity contribution in [2.75, 3.05) is 0 Å². The molecule has 1 aliphatic rings. The van der Waals surface area contributed by atoms with Gasteiger partial charge >= 0.3 is 71.7 Å². The number of nitrogens with one attached hydrogen (secondary N) is 1. The van der Waals surface area contributed by atoms with Gasteiger partial charge < -0.3 is 0 Å². The van der Waals surface area contributed by atoms with Crippen LogP contribution in [0.3, 0.4) is 0 Å². The van der Waals surface area contributed by atoms with Crippen molar-refractivity contribution >= 4 is 4.40 Å². The number of allylic oxidation sites excluding steroid dienone is 4. The van der Waals surface area contributed by atoms with Gasteiger partial charge in [0.2, 0.25) is 0 Å². The summed E-state index contributed by atoms with van der Waals surface area (Å²) in [5.41, 5.74) is 2.47. The summed E-state index contributed by atoms with van der Waals surface area (Å²) in [6.07, 6.45) is 8.22. The second-order valence-electron chi connectivity index (χ2n) is 2.12. The van der Waals surface area contributed by atoms with E-state index in [2.05, 4.69) is 34.9 Å². The monoisotopic (exact) mass is 363 g/mol. The first-order valence-corrected chi connectivity index (χ1v) is 6.79. The van der Waals surface area contributed by atoms with Crippen LogP contribution in [-0.2, 0) is 19.4 Å². The second kappa shape index (κ2) is 12.6. The van der Waals surface area contributed by atoms with Crippen LogP contribution >= 0.6 is 0 Å². The van der Waals surface area contributed by atoms with E-state index < -0.39 is 0 Å². The van der Waals surface area contributed by atoms with Crippen LogP contribution in [0.25, 0.3) is 0 Å². The van der Waals surface area contributed by atoms with Gasteiger partial charge in [-0.1, -0.05) is 27.7 Å². The molecule has 1 rings (SSSR count). The molecule has 0 atom stereocenters. The average molecular weight is 363 g/mol. The molecule has 1 aliphatic heterocycles. The molecule has 0 amide bonds. The Morgan fingerprint density at radius 3 is 2.21 bits per heavy atom. The maximum absolute atomic E-state index is 3.14. The Hall–Kier alpha value is -0.422. The first-order chi connectivity index (χ1) is 6.83. The van der Waals surface area contributed by atoms with E-state index in [1.165, 1.54) is 30.6 Å². The topological polar surface area (TPSA) is 12.0 Å². The molecule has 1 nitrogen and oxygen atoms in total. The van der Waals surface area contributed by atoms with Crippen molar-refractivity contribution in [2.24, 2.45) is 0 Å². The summed E-state index contributed by atoms with van der Waals surface area (Å²) in [5.74, 6) is 0. The minimum atomic E-state index is 1.18. The molecule has 1 N–H and O–H groups in total. The molecule has 14 heavy (non-hydrogen) atoms. The van der Waals surface area contributed by atoms with Crippen LogP contribution in [0.4, 0.5) is 0 Å². The molecule has 0 aromatic rings. The number of rotatable bonds is 1. The maximum atomic E-state index is 3.14. The average Bonchev–Trinajstić information content (AvgIpc) is 2.24. The normalized spacial score (nSPS) is 15.2. The fraction of sp³-hybridized carbons (Fsp3) is 0.417. The van der Waals surface area contributed by atoms with E-state index in [1.54, 1.807) is 0 Å². The summed E-state index contributed by atoms with van der Waals surface area (Å²) >= 11 is 1.48. The van der Waals surface area contributed by atoms with Gasteiger partial charge in [0, 0.05) is 0 Å². The Labute approximate surface area is 99.4 Å². The Morgan fingerprint density at radius 2 is 1.79 bits per heavy atom. The van der Waals surface area contributed by atoms with Crippen LogP contribution in [0.15, 0.2) is 35.7 Å². The SMILES string of the molecule is CC.CC.CC1=C/C(=C/[CH]=[W])NC=C1. The molecule has 80 valence electrons.